The summed E-state index contributed by atoms with van der Waals surface area (Å²) < 4.78 is 26.5. The van der Waals surface area contributed by atoms with E-state index < -0.39 is 10.0 Å². The molecule has 0 spiro atoms. The molecule has 0 radical (unpaired) electrons. The molecule has 0 saturated heterocycles. The van der Waals surface area contributed by atoms with Gasteiger partial charge in [0.05, 0.1) is 11.9 Å². The van der Waals surface area contributed by atoms with E-state index in [9.17, 15) is 8.42 Å². The largest absolute Gasteiger partial charge is 0.278 e. The quantitative estimate of drug-likeness (QED) is 0.914. The molecule has 7 heteroatoms. The lowest BCUT2D eigenvalue weighted by atomic mass is 10.3. The van der Waals surface area contributed by atoms with Crippen molar-refractivity contribution in [1.29, 1.82) is 5.26 Å². The van der Waals surface area contributed by atoms with E-state index in [1.165, 1.54) is 18.3 Å². The van der Waals surface area contributed by atoms with E-state index in [2.05, 4.69) is 14.7 Å². The minimum absolute atomic E-state index is 0.00648. The molecule has 0 bridgehead atoms. The highest BCUT2D eigenvalue weighted by molar-refractivity contribution is 7.92. The Morgan fingerprint density at radius 3 is 2.63 bits per heavy atom. The van der Waals surface area contributed by atoms with Crippen molar-refractivity contribution in [2.45, 2.75) is 11.8 Å². The topological polar surface area (TPSA) is 95.7 Å². The van der Waals surface area contributed by atoms with Gasteiger partial charge in [0.15, 0.2) is 0 Å². The smallest absolute Gasteiger partial charge is 0.263 e. The highest BCUT2D eigenvalue weighted by atomic mass is 32.2. The minimum atomic E-state index is -3.72. The Morgan fingerprint density at radius 1 is 1.26 bits per heavy atom. The molecule has 0 saturated carbocycles. The molecule has 19 heavy (non-hydrogen) atoms. The Kier molecular flexibility index (Phi) is 3.44. The third-order valence-corrected chi connectivity index (χ3v) is 3.65. The van der Waals surface area contributed by atoms with Gasteiger partial charge in [-0.2, -0.15) is 5.26 Å². The van der Waals surface area contributed by atoms with Crippen molar-refractivity contribution in [3.05, 3.63) is 48.0 Å². The summed E-state index contributed by atoms with van der Waals surface area (Å²) in [5.41, 5.74) is 1.39. The molecule has 0 aromatic carbocycles. The van der Waals surface area contributed by atoms with Gasteiger partial charge in [-0.05, 0) is 30.7 Å². The van der Waals surface area contributed by atoms with Gasteiger partial charge in [0, 0.05) is 12.4 Å². The van der Waals surface area contributed by atoms with Crippen LogP contribution in [0.3, 0.4) is 0 Å². The summed E-state index contributed by atoms with van der Waals surface area (Å²) in [6.45, 7) is 1.81. The molecular formula is C12H10N4O2S. The number of nitriles is 1. The maximum Gasteiger partial charge on any atom is 0.263 e. The second-order valence-corrected chi connectivity index (χ2v) is 5.53. The number of nitrogens with one attached hydrogen (secondary N) is 1. The molecule has 0 unspecified atom stereocenters. The van der Waals surface area contributed by atoms with Crippen LogP contribution in [0.4, 0.5) is 5.69 Å². The van der Waals surface area contributed by atoms with Crippen LogP contribution in [-0.4, -0.2) is 18.4 Å². The first-order valence-electron chi connectivity index (χ1n) is 5.32. The van der Waals surface area contributed by atoms with E-state index >= 15 is 0 Å². The van der Waals surface area contributed by atoms with Crippen LogP contribution in [0.1, 0.15) is 11.3 Å². The summed E-state index contributed by atoms with van der Waals surface area (Å²) in [7, 11) is -3.72. The first kappa shape index (κ1) is 13.0. The number of pyridine rings is 2. The number of nitrogens with zero attached hydrogens (tertiary/aromatic N) is 3. The van der Waals surface area contributed by atoms with Crippen LogP contribution in [0.25, 0.3) is 0 Å². The molecular weight excluding hydrogens is 264 g/mol. The SMILES string of the molecule is Cc1cncc(NS(=O)(=O)c2ccc(C#N)nc2)c1. The van der Waals surface area contributed by atoms with E-state index in [0.717, 1.165) is 11.8 Å². The summed E-state index contributed by atoms with van der Waals surface area (Å²) in [5, 5.41) is 8.61. The number of hydrogen-bond donors (Lipinski definition) is 1. The van der Waals surface area contributed by atoms with Gasteiger partial charge in [0.25, 0.3) is 10.0 Å². The van der Waals surface area contributed by atoms with Crippen LogP contribution in [-0.2, 0) is 10.0 Å². The van der Waals surface area contributed by atoms with Gasteiger partial charge in [0.1, 0.15) is 16.7 Å². The third kappa shape index (κ3) is 3.05. The van der Waals surface area contributed by atoms with Gasteiger partial charge in [-0.25, -0.2) is 13.4 Å². The molecule has 0 aliphatic heterocycles. The van der Waals surface area contributed by atoms with Gasteiger partial charge in [-0.1, -0.05) is 0 Å². The zero-order chi connectivity index (χ0) is 13.9. The lowest BCUT2D eigenvalue weighted by Crippen LogP contribution is -2.13. The van der Waals surface area contributed by atoms with Crippen LogP contribution in [0.2, 0.25) is 0 Å². The van der Waals surface area contributed by atoms with Gasteiger partial charge in [-0.3, -0.25) is 9.71 Å². The van der Waals surface area contributed by atoms with Crippen molar-refractivity contribution < 1.29 is 8.42 Å². The van der Waals surface area contributed by atoms with Crippen LogP contribution < -0.4 is 4.72 Å². The van der Waals surface area contributed by atoms with E-state index in [1.807, 2.05) is 13.0 Å². The zero-order valence-corrected chi connectivity index (χ0v) is 10.8. The second-order valence-electron chi connectivity index (χ2n) is 3.85. The minimum Gasteiger partial charge on any atom is -0.278 e. The number of aromatic nitrogens is 2. The summed E-state index contributed by atoms with van der Waals surface area (Å²) in [4.78, 5) is 7.62. The zero-order valence-electron chi connectivity index (χ0n) is 10.0. The Labute approximate surface area is 110 Å². The van der Waals surface area contributed by atoms with Gasteiger partial charge < -0.3 is 0 Å². The molecule has 2 heterocycles. The summed E-state index contributed by atoms with van der Waals surface area (Å²) in [6, 6.07) is 6.18. The van der Waals surface area contributed by atoms with Gasteiger partial charge in [0.2, 0.25) is 0 Å². The van der Waals surface area contributed by atoms with Crippen molar-refractivity contribution >= 4 is 15.7 Å². The number of anilines is 1. The van der Waals surface area contributed by atoms with Crippen LogP contribution >= 0.6 is 0 Å². The first-order chi connectivity index (χ1) is 9.01. The molecule has 2 rings (SSSR count). The molecule has 1 N–H and O–H groups in total. The van der Waals surface area contributed by atoms with E-state index in [4.69, 9.17) is 5.26 Å². The van der Waals surface area contributed by atoms with Gasteiger partial charge in [-0.15, -0.1) is 0 Å². The maximum atomic E-state index is 12.1. The Morgan fingerprint density at radius 2 is 2.05 bits per heavy atom. The Bertz CT molecular complexity index is 733. The number of aryl methyl sites for hydroxylation is 1. The van der Waals surface area contributed by atoms with Crippen LogP contribution in [0.15, 0.2) is 41.7 Å². The molecule has 6 nitrogen and oxygen atoms in total. The maximum absolute atomic E-state index is 12.1. The molecule has 0 fully saturated rings. The predicted octanol–water partition coefficient (Wildman–Crippen LogP) is 1.46. The van der Waals surface area contributed by atoms with Crippen molar-refractivity contribution in [3.8, 4) is 6.07 Å². The monoisotopic (exact) mass is 274 g/mol. The molecule has 0 aliphatic carbocycles. The third-order valence-electron chi connectivity index (χ3n) is 2.29. The lowest BCUT2D eigenvalue weighted by Gasteiger charge is -2.07. The van der Waals surface area contributed by atoms with Crippen molar-refractivity contribution in [3.63, 3.8) is 0 Å². The highest BCUT2D eigenvalue weighted by Crippen LogP contribution is 2.15. The van der Waals surface area contributed by atoms with Crippen molar-refractivity contribution in [1.82, 2.24) is 9.97 Å². The Balaban J connectivity index is 2.30. The summed E-state index contributed by atoms with van der Waals surface area (Å²) in [6.07, 6.45) is 4.19. The predicted molar refractivity (Wildman–Crippen MR) is 68.7 cm³/mol. The van der Waals surface area contributed by atoms with E-state index in [1.54, 1.807) is 12.3 Å². The molecule has 0 aliphatic rings. The fraction of sp³-hybridized carbons (Fsp3) is 0.0833. The fourth-order valence-electron chi connectivity index (χ4n) is 1.43. The molecule has 0 amide bonds. The lowest BCUT2D eigenvalue weighted by molar-refractivity contribution is 0.601. The average molecular weight is 274 g/mol. The van der Waals surface area contributed by atoms with Crippen molar-refractivity contribution in [2.24, 2.45) is 0 Å². The number of rotatable bonds is 3. The average Bonchev–Trinajstić information content (AvgIpc) is 2.38. The fourth-order valence-corrected chi connectivity index (χ4v) is 2.41. The number of sulfonamides is 1. The summed E-state index contributed by atoms with van der Waals surface area (Å²) >= 11 is 0. The molecule has 2 aromatic rings. The van der Waals surface area contributed by atoms with Gasteiger partial charge >= 0.3 is 0 Å². The summed E-state index contributed by atoms with van der Waals surface area (Å²) in [5.74, 6) is 0. The van der Waals surface area contributed by atoms with E-state index in [-0.39, 0.29) is 10.6 Å². The number of hydrogen-bond acceptors (Lipinski definition) is 5. The molecule has 2 aromatic heterocycles. The van der Waals surface area contributed by atoms with E-state index in [0.29, 0.717) is 5.69 Å². The van der Waals surface area contributed by atoms with Crippen molar-refractivity contribution in [2.75, 3.05) is 4.72 Å². The molecule has 0 atom stereocenters. The second kappa shape index (κ2) is 5.04. The Hall–Kier alpha value is -2.46. The first-order valence-corrected chi connectivity index (χ1v) is 6.80. The highest BCUT2D eigenvalue weighted by Gasteiger charge is 2.14. The van der Waals surface area contributed by atoms with Crippen LogP contribution in [0, 0.1) is 18.3 Å². The normalized spacial score (nSPS) is 10.7. The standard InChI is InChI=1S/C12H10N4O2S/c1-9-4-11(7-14-6-9)16-19(17,18)12-3-2-10(5-13)15-8-12/h2-4,6-8,16H,1H3. The van der Waals surface area contributed by atoms with Crippen LogP contribution in [0.5, 0.6) is 0 Å². The molecule has 96 valence electrons.